The lowest BCUT2D eigenvalue weighted by atomic mass is 10.0. The van der Waals surface area contributed by atoms with Gasteiger partial charge in [0.25, 0.3) is 0 Å². The third-order valence-corrected chi connectivity index (χ3v) is 2.83. The quantitative estimate of drug-likeness (QED) is 0.520. The second-order valence-electron chi connectivity index (χ2n) is 4.52. The monoisotopic (exact) mass is 321 g/mol. The number of nitrogens with two attached hydrogens (primary N) is 1. The first-order valence-corrected chi connectivity index (χ1v) is 6.84. The number of primary amides is 1. The van der Waals surface area contributed by atoms with E-state index in [1.165, 1.54) is 12.2 Å². The van der Waals surface area contributed by atoms with E-state index in [0.29, 0.717) is 11.4 Å². The Morgan fingerprint density at radius 3 is 1.50 bits per heavy atom. The number of amides is 1. The van der Waals surface area contributed by atoms with Crippen LogP contribution in [0, 0.1) is 0 Å². The highest BCUT2D eigenvalue weighted by molar-refractivity contribution is 5.84. The van der Waals surface area contributed by atoms with Gasteiger partial charge >= 0.3 is 0 Å². The minimum Gasteiger partial charge on any atom is -0.366 e. The molecule has 0 atom stereocenters. The van der Waals surface area contributed by atoms with Gasteiger partial charge in [0.1, 0.15) is 0 Å². The number of carbonyl (C=O) groups excluding carboxylic acids is 3. The lowest BCUT2D eigenvalue weighted by Gasteiger charge is -2.02. The molecule has 0 saturated heterocycles. The molecule has 6 heteroatoms. The molecule has 0 unspecified atom stereocenters. The van der Waals surface area contributed by atoms with Gasteiger partial charge in [-0.1, -0.05) is 30.8 Å². The first kappa shape index (κ1) is 18.5. The predicted molar refractivity (Wildman–Crippen MR) is 90.6 cm³/mol. The van der Waals surface area contributed by atoms with Gasteiger partial charge < -0.3 is 5.73 Å². The highest BCUT2D eigenvalue weighted by Gasteiger charge is 1.97. The molecule has 0 radical (unpaired) electrons. The number of hydrogen-bond acceptors (Lipinski definition) is 5. The van der Waals surface area contributed by atoms with E-state index >= 15 is 0 Å². The van der Waals surface area contributed by atoms with Crippen LogP contribution >= 0.6 is 0 Å². The Balaban J connectivity index is 0.000000505. The van der Waals surface area contributed by atoms with Crippen LogP contribution in [0.4, 0.5) is 11.4 Å². The second-order valence-corrected chi connectivity index (χ2v) is 4.52. The average molecular weight is 321 g/mol. The third-order valence-electron chi connectivity index (χ3n) is 2.83. The van der Waals surface area contributed by atoms with Crippen LogP contribution in [0.2, 0.25) is 0 Å². The Hall–Kier alpha value is -3.59. The molecule has 0 spiro atoms. The van der Waals surface area contributed by atoms with E-state index in [9.17, 15) is 14.4 Å². The van der Waals surface area contributed by atoms with Crippen LogP contribution in [0.3, 0.4) is 0 Å². The van der Waals surface area contributed by atoms with Crippen molar-refractivity contribution in [2.24, 2.45) is 15.7 Å². The maximum atomic E-state index is 10.1. The van der Waals surface area contributed by atoms with Crippen LogP contribution in [-0.2, 0) is 20.8 Å². The largest absolute Gasteiger partial charge is 0.366 e. The molecule has 2 aromatic rings. The molecule has 0 aliphatic heterocycles. The number of isocyanates is 2. The van der Waals surface area contributed by atoms with Crippen molar-refractivity contribution in [3.63, 3.8) is 0 Å². The summed E-state index contributed by atoms with van der Waals surface area (Å²) in [5.41, 5.74) is 7.93. The molecule has 1 amide bonds. The molecule has 120 valence electrons. The number of benzene rings is 2. The number of hydrogen-bond donors (Lipinski definition) is 1. The number of nitrogens with zero attached hydrogens (tertiary/aromatic N) is 2. The Morgan fingerprint density at radius 2 is 1.25 bits per heavy atom. The molecule has 0 heterocycles. The number of rotatable bonds is 5. The maximum Gasteiger partial charge on any atom is 0.240 e. The Labute approximate surface area is 139 Å². The third kappa shape index (κ3) is 6.91. The molecule has 0 aromatic heterocycles. The minimum atomic E-state index is -0.481. The zero-order valence-corrected chi connectivity index (χ0v) is 12.8. The maximum absolute atomic E-state index is 10.1. The summed E-state index contributed by atoms with van der Waals surface area (Å²) in [6.07, 6.45) is 4.82. The van der Waals surface area contributed by atoms with Gasteiger partial charge in [-0.2, -0.15) is 9.98 Å². The molecule has 2 N–H and O–H groups in total. The molecule has 0 fully saturated rings. The summed E-state index contributed by atoms with van der Waals surface area (Å²) in [6.45, 7) is 3.09. The molecular weight excluding hydrogens is 306 g/mol. The summed E-state index contributed by atoms with van der Waals surface area (Å²) in [5, 5.41) is 0. The fraction of sp³-hybridized carbons (Fsp3) is 0.0556. The lowest BCUT2D eigenvalue weighted by Crippen LogP contribution is -2.04. The summed E-state index contributed by atoms with van der Waals surface area (Å²) < 4.78 is 0. The Morgan fingerprint density at radius 1 is 0.917 bits per heavy atom. The first-order valence-electron chi connectivity index (χ1n) is 6.84. The van der Waals surface area contributed by atoms with Gasteiger partial charge in [-0.05, 0) is 47.9 Å². The van der Waals surface area contributed by atoms with Crippen molar-refractivity contribution < 1.29 is 14.4 Å². The molecule has 0 saturated carbocycles. The van der Waals surface area contributed by atoms with Crippen LogP contribution < -0.4 is 5.73 Å². The van der Waals surface area contributed by atoms with Gasteiger partial charge in [0.15, 0.2) is 0 Å². The van der Waals surface area contributed by atoms with Crippen molar-refractivity contribution in [1.29, 1.82) is 0 Å². The van der Waals surface area contributed by atoms with Crippen molar-refractivity contribution >= 4 is 29.4 Å². The molecule has 0 aliphatic rings. The van der Waals surface area contributed by atoms with Crippen molar-refractivity contribution in [1.82, 2.24) is 0 Å². The van der Waals surface area contributed by atoms with E-state index in [0.717, 1.165) is 23.6 Å². The van der Waals surface area contributed by atoms with Gasteiger partial charge in [-0.15, -0.1) is 0 Å². The topological polar surface area (TPSA) is 102 Å². The highest BCUT2D eigenvalue weighted by atomic mass is 16.1. The second kappa shape index (κ2) is 10.2. The predicted octanol–water partition coefficient (Wildman–Crippen LogP) is 2.87. The smallest absolute Gasteiger partial charge is 0.240 e. The molecule has 0 bridgehead atoms. The van der Waals surface area contributed by atoms with E-state index in [1.807, 2.05) is 24.3 Å². The van der Waals surface area contributed by atoms with E-state index in [1.54, 1.807) is 24.3 Å². The molecule has 0 aliphatic carbocycles. The van der Waals surface area contributed by atoms with E-state index in [4.69, 9.17) is 0 Å². The van der Waals surface area contributed by atoms with Crippen molar-refractivity contribution in [2.45, 2.75) is 6.42 Å². The van der Waals surface area contributed by atoms with Gasteiger partial charge in [0.2, 0.25) is 18.1 Å². The van der Waals surface area contributed by atoms with Crippen LogP contribution in [0.25, 0.3) is 0 Å². The first-order chi connectivity index (χ1) is 11.6. The average Bonchev–Trinajstić information content (AvgIpc) is 2.59. The zero-order valence-electron chi connectivity index (χ0n) is 12.8. The fourth-order valence-corrected chi connectivity index (χ4v) is 1.72. The molecular formula is C18H15N3O3. The summed E-state index contributed by atoms with van der Waals surface area (Å²) >= 11 is 0. The van der Waals surface area contributed by atoms with Crippen LogP contribution in [-0.4, -0.2) is 18.1 Å². The molecule has 6 nitrogen and oxygen atoms in total. The summed E-state index contributed by atoms with van der Waals surface area (Å²) in [5.74, 6) is -0.481. The van der Waals surface area contributed by atoms with Crippen molar-refractivity contribution in [3.8, 4) is 0 Å². The molecule has 2 aromatic carbocycles. The normalized spacial score (nSPS) is 8.67. The number of carbonyl (C=O) groups is 1. The van der Waals surface area contributed by atoms with Gasteiger partial charge in [0, 0.05) is 0 Å². The summed E-state index contributed by atoms with van der Waals surface area (Å²) in [6, 6.07) is 14.7. The van der Waals surface area contributed by atoms with Crippen molar-refractivity contribution in [3.05, 3.63) is 72.3 Å². The van der Waals surface area contributed by atoms with Crippen LogP contribution in [0.15, 0.2) is 71.2 Å². The number of aliphatic imine (C=N–C) groups is 2. The minimum absolute atomic E-state index is 0.481. The molecule has 2 rings (SSSR count). The zero-order chi connectivity index (χ0) is 17.8. The van der Waals surface area contributed by atoms with E-state index < -0.39 is 5.91 Å². The molecule has 24 heavy (non-hydrogen) atoms. The summed E-state index contributed by atoms with van der Waals surface area (Å²) in [7, 11) is 0. The lowest BCUT2D eigenvalue weighted by molar-refractivity contribution is -0.113. The Bertz CT molecular complexity index is 724. The fourth-order valence-electron chi connectivity index (χ4n) is 1.72. The van der Waals surface area contributed by atoms with E-state index in [2.05, 4.69) is 22.3 Å². The Kier molecular flexibility index (Phi) is 7.84. The van der Waals surface area contributed by atoms with E-state index in [-0.39, 0.29) is 0 Å². The van der Waals surface area contributed by atoms with Crippen molar-refractivity contribution in [2.75, 3.05) is 0 Å². The van der Waals surface area contributed by atoms with Gasteiger partial charge in [-0.25, -0.2) is 9.59 Å². The van der Waals surface area contributed by atoms with Crippen LogP contribution in [0.5, 0.6) is 0 Å². The van der Waals surface area contributed by atoms with Gasteiger partial charge in [-0.3, -0.25) is 4.79 Å². The standard InChI is InChI=1S/C15H10N2O2.C3H5NO/c18-10-16-14-5-1-12(2-6-14)9-13-3-7-15(8-4-13)17-11-19;1-2-3(4)5/h1-8H,9H2;2H,1H2,(H2,4,5). The highest BCUT2D eigenvalue weighted by Crippen LogP contribution is 2.17. The van der Waals surface area contributed by atoms with Gasteiger partial charge in [0.05, 0.1) is 11.4 Å². The summed E-state index contributed by atoms with van der Waals surface area (Å²) in [4.78, 5) is 36.8. The SMILES string of the molecule is C=CC(N)=O.O=C=Nc1ccc(Cc2ccc(N=C=O)cc2)cc1. The van der Waals surface area contributed by atoms with Crippen LogP contribution in [0.1, 0.15) is 11.1 Å².